The van der Waals surface area contributed by atoms with Crippen LogP contribution in [0.3, 0.4) is 0 Å². The van der Waals surface area contributed by atoms with Gasteiger partial charge in [-0.2, -0.15) is 0 Å². The number of Topliss-reactive ketones (excluding diaryl/α,β-unsaturated/α-hetero) is 3. The number of carbonyl (C=O) groups is 3. The van der Waals surface area contributed by atoms with Gasteiger partial charge in [0.2, 0.25) is 11.6 Å². The largest absolute Gasteiger partial charge is 0.389 e. The molecule has 1 saturated carbocycles. The molecule has 1 aliphatic carbocycles. The highest BCUT2D eigenvalue weighted by Gasteiger charge is 2.50. The normalized spacial score (nSPS) is 25.6. The number of aliphatic hydroxyl groups is 1. The van der Waals surface area contributed by atoms with Crippen LogP contribution in [0.5, 0.6) is 0 Å². The van der Waals surface area contributed by atoms with E-state index in [9.17, 15) is 27.9 Å². The van der Waals surface area contributed by atoms with Gasteiger partial charge in [0.25, 0.3) is 0 Å². The van der Waals surface area contributed by atoms with E-state index < -0.39 is 68.9 Å². The number of ketones is 3. The fourth-order valence-corrected chi connectivity index (χ4v) is 9.70. The van der Waals surface area contributed by atoms with Gasteiger partial charge in [0.15, 0.2) is 15.6 Å². The molecule has 2 bridgehead atoms. The summed E-state index contributed by atoms with van der Waals surface area (Å²) in [5.41, 5.74) is 14.5. The summed E-state index contributed by atoms with van der Waals surface area (Å²) in [6.07, 6.45) is 9.96. The molecule has 3 saturated heterocycles. The van der Waals surface area contributed by atoms with Gasteiger partial charge >= 0.3 is 0 Å². The van der Waals surface area contributed by atoms with Crippen molar-refractivity contribution in [1.29, 1.82) is 0 Å². The summed E-state index contributed by atoms with van der Waals surface area (Å²) >= 11 is 0. The second-order valence-electron chi connectivity index (χ2n) is 15.5. The first-order chi connectivity index (χ1) is 24.4. The number of carbonyl (C=O) groups excluding carboxylic acids is 3. The number of benzene rings is 1. The number of aliphatic hydroxyl groups excluding tert-OH is 1. The van der Waals surface area contributed by atoms with Crippen molar-refractivity contribution in [2.75, 3.05) is 18.8 Å². The molecule has 2 aromatic rings. The lowest BCUT2D eigenvalue weighted by molar-refractivity contribution is -0.142. The van der Waals surface area contributed by atoms with Crippen molar-refractivity contribution < 1.29 is 27.9 Å². The Labute approximate surface area is 302 Å². The summed E-state index contributed by atoms with van der Waals surface area (Å²) in [5, 5.41) is 14.5. The van der Waals surface area contributed by atoms with Gasteiger partial charge in [0, 0.05) is 36.3 Å². The number of aromatic amines is 1. The lowest BCUT2D eigenvalue weighted by Crippen LogP contribution is -2.70. The highest BCUT2D eigenvalue weighted by molar-refractivity contribution is 7.92. The minimum atomic E-state index is -3.57. The molecule has 0 amide bonds. The van der Waals surface area contributed by atoms with Crippen LogP contribution in [0, 0.1) is 17.8 Å². The maximum atomic E-state index is 14.7. The zero-order valence-electron chi connectivity index (χ0n) is 30.2. The van der Waals surface area contributed by atoms with Gasteiger partial charge in [0.1, 0.15) is 6.04 Å². The topological polar surface area (TPSA) is 202 Å². The van der Waals surface area contributed by atoms with Gasteiger partial charge < -0.3 is 21.6 Å². The highest BCUT2D eigenvalue weighted by atomic mass is 32.2. The number of hydrogen-bond donors (Lipinski definition) is 5. The summed E-state index contributed by atoms with van der Waals surface area (Å²) in [6.45, 7) is 4.59. The van der Waals surface area contributed by atoms with Crippen molar-refractivity contribution in [3.63, 3.8) is 0 Å². The zero-order valence-corrected chi connectivity index (χ0v) is 31.0. The second kappa shape index (κ2) is 17.8. The second-order valence-corrected chi connectivity index (χ2v) is 18.1. The molecular weight excluding hydrogens is 669 g/mol. The number of H-pyrrole nitrogens is 1. The van der Waals surface area contributed by atoms with E-state index in [1.807, 2.05) is 30.3 Å². The van der Waals surface area contributed by atoms with Gasteiger partial charge in [-0.05, 0) is 76.4 Å². The number of rotatable bonds is 19. The fraction of sp³-hybridized carbons (Fsp3) is 0.684. The maximum absolute atomic E-state index is 14.7. The Kier molecular flexibility index (Phi) is 13.8. The van der Waals surface area contributed by atoms with Gasteiger partial charge in [-0.1, -0.05) is 62.4 Å². The van der Waals surface area contributed by atoms with E-state index in [0.29, 0.717) is 44.0 Å². The molecule has 1 aromatic heterocycles. The molecule has 4 heterocycles. The molecule has 282 valence electrons. The summed E-state index contributed by atoms with van der Waals surface area (Å²) in [4.78, 5) is 51.5. The molecule has 12 nitrogen and oxygen atoms in total. The van der Waals surface area contributed by atoms with E-state index in [1.165, 1.54) is 12.7 Å². The zero-order chi connectivity index (χ0) is 36.7. The molecule has 13 heteroatoms. The first-order valence-electron chi connectivity index (χ1n) is 18.9. The highest BCUT2D eigenvalue weighted by Crippen LogP contribution is 2.36. The van der Waals surface area contributed by atoms with E-state index in [4.69, 9.17) is 11.5 Å². The lowest BCUT2D eigenvalue weighted by atomic mass is 9.74. The third-order valence-electron chi connectivity index (χ3n) is 11.6. The van der Waals surface area contributed by atoms with Crippen molar-refractivity contribution in [3.8, 4) is 0 Å². The van der Waals surface area contributed by atoms with Crippen molar-refractivity contribution in [3.05, 3.63) is 54.1 Å². The third kappa shape index (κ3) is 10.00. The van der Waals surface area contributed by atoms with Crippen LogP contribution in [0.25, 0.3) is 0 Å². The molecule has 4 aliphatic rings. The number of imidazole rings is 1. The van der Waals surface area contributed by atoms with Crippen LogP contribution in [-0.4, -0.2) is 106 Å². The van der Waals surface area contributed by atoms with E-state index >= 15 is 0 Å². The number of hydrogen-bond acceptors (Lipinski definition) is 11. The standard InChI is InChI=1S/C38H58N6O6S/c1-24(2)51(49,50)22-28(14-13-25-9-5-3-6-10-25)35(45)34-32(27-15-17-44(34)18-16-27)43-33(36(46)30(39)19-26-11-7-4-8-12-26)38(48)37(47)31(40)20-29-21-41-23-42-29/h3,5-6,9-10,21,23-24,26-28,30-34,36,43,46H,4,7-8,11-20,22,39-40H2,1-2H3,(H,41,42)/t28?,30-,31-,32-,33?,34-,36?/m0/s1. The van der Waals surface area contributed by atoms with Crippen molar-refractivity contribution in [2.24, 2.45) is 29.2 Å². The van der Waals surface area contributed by atoms with Crippen LogP contribution in [-0.2, 0) is 37.1 Å². The quantitative estimate of drug-likeness (QED) is 0.133. The molecule has 0 spiro atoms. The number of fused-ring (bicyclic) bond motifs is 3. The summed E-state index contributed by atoms with van der Waals surface area (Å²) < 4.78 is 26.6. The SMILES string of the molecule is CC(C)S(=O)(=O)CC(CCc1ccccc1)C(=O)[C@@H]1[C@@H](NC(C(=O)C(=O)[C@@H](N)Cc2cnc[nH]2)C(O)[C@@H](N)CC2CCCCC2)C2CCN1CC2. The summed E-state index contributed by atoms with van der Waals surface area (Å²) in [5.74, 6) is -2.63. The van der Waals surface area contributed by atoms with Crippen molar-refractivity contribution in [1.82, 2.24) is 20.2 Å². The predicted molar refractivity (Wildman–Crippen MR) is 196 cm³/mol. The molecule has 4 fully saturated rings. The van der Waals surface area contributed by atoms with Crippen LogP contribution in [0.4, 0.5) is 0 Å². The minimum Gasteiger partial charge on any atom is -0.389 e. The number of aromatic nitrogens is 2. The average Bonchev–Trinajstić information content (AvgIpc) is 3.65. The van der Waals surface area contributed by atoms with Crippen LogP contribution in [0.2, 0.25) is 0 Å². The Hall–Kier alpha value is -2.81. The lowest BCUT2D eigenvalue weighted by Gasteiger charge is -2.52. The van der Waals surface area contributed by atoms with Gasteiger partial charge in [-0.3, -0.25) is 24.6 Å². The molecule has 51 heavy (non-hydrogen) atoms. The Morgan fingerprint density at radius 3 is 2.33 bits per heavy atom. The Morgan fingerprint density at radius 1 is 1.02 bits per heavy atom. The Balaban J connectivity index is 1.43. The average molecular weight is 727 g/mol. The van der Waals surface area contributed by atoms with Crippen molar-refractivity contribution in [2.45, 2.75) is 126 Å². The predicted octanol–water partition coefficient (Wildman–Crippen LogP) is 2.14. The molecule has 3 unspecified atom stereocenters. The molecule has 1 aromatic carbocycles. The van der Waals surface area contributed by atoms with Crippen LogP contribution >= 0.6 is 0 Å². The van der Waals surface area contributed by atoms with E-state index in [0.717, 1.165) is 44.1 Å². The number of sulfone groups is 1. The van der Waals surface area contributed by atoms with Gasteiger partial charge in [-0.15, -0.1) is 0 Å². The monoisotopic (exact) mass is 726 g/mol. The number of nitrogens with one attached hydrogen (secondary N) is 2. The molecular formula is C38H58N6O6S. The first-order valence-corrected chi connectivity index (χ1v) is 20.6. The number of nitrogens with two attached hydrogens (primary N) is 2. The molecule has 6 rings (SSSR count). The smallest absolute Gasteiger partial charge is 0.219 e. The number of aryl methyl sites for hydroxylation is 1. The van der Waals surface area contributed by atoms with E-state index in [2.05, 4.69) is 20.2 Å². The number of piperidine rings is 3. The third-order valence-corrected chi connectivity index (χ3v) is 13.9. The van der Waals surface area contributed by atoms with Crippen LogP contribution in [0.15, 0.2) is 42.9 Å². The van der Waals surface area contributed by atoms with Gasteiger partial charge in [0.05, 0.1) is 35.5 Å². The van der Waals surface area contributed by atoms with Crippen LogP contribution in [0.1, 0.15) is 82.9 Å². The summed E-state index contributed by atoms with van der Waals surface area (Å²) in [7, 11) is -3.57. The van der Waals surface area contributed by atoms with Crippen molar-refractivity contribution >= 4 is 27.2 Å². The maximum Gasteiger partial charge on any atom is 0.219 e. The summed E-state index contributed by atoms with van der Waals surface area (Å²) in [6, 6.07) is 5.04. The van der Waals surface area contributed by atoms with E-state index in [-0.39, 0.29) is 23.9 Å². The van der Waals surface area contributed by atoms with Crippen LogP contribution < -0.4 is 16.8 Å². The van der Waals surface area contributed by atoms with E-state index in [1.54, 1.807) is 20.0 Å². The molecule has 3 aliphatic heterocycles. The fourth-order valence-electron chi connectivity index (χ4n) is 8.43. The minimum absolute atomic E-state index is 0.0220. The Morgan fingerprint density at radius 2 is 1.71 bits per heavy atom. The number of nitrogens with zero attached hydrogens (tertiary/aromatic N) is 2. The molecule has 7 N–H and O–H groups in total. The van der Waals surface area contributed by atoms with Gasteiger partial charge in [-0.25, -0.2) is 13.4 Å². The molecule has 7 atom stereocenters. The molecule has 0 radical (unpaired) electrons. The Bertz CT molecular complexity index is 1540. The first kappa shape index (κ1) is 39.4.